The number of carbonyl (C=O) groups excluding carboxylic acids is 1. The van der Waals surface area contributed by atoms with Crippen molar-refractivity contribution < 1.29 is 9.53 Å². The van der Waals surface area contributed by atoms with Gasteiger partial charge in [0.25, 0.3) is 0 Å². The van der Waals surface area contributed by atoms with Gasteiger partial charge in [-0.15, -0.1) is 0 Å². The molecule has 36 heavy (non-hydrogen) atoms. The van der Waals surface area contributed by atoms with Crippen LogP contribution >= 0.6 is 0 Å². The third-order valence-electron chi connectivity index (χ3n) is 6.84. The van der Waals surface area contributed by atoms with Gasteiger partial charge in [-0.1, -0.05) is 54.6 Å². The average molecular weight is 485 g/mol. The third kappa shape index (κ3) is 4.76. The van der Waals surface area contributed by atoms with E-state index in [9.17, 15) is 4.79 Å². The maximum absolute atomic E-state index is 12.8. The number of rotatable bonds is 5. The molecule has 2 bridgehead atoms. The van der Waals surface area contributed by atoms with E-state index in [0.717, 1.165) is 29.5 Å². The van der Waals surface area contributed by atoms with Gasteiger partial charge < -0.3 is 20.7 Å². The van der Waals surface area contributed by atoms with Crippen molar-refractivity contribution in [3.05, 3.63) is 72.1 Å². The minimum absolute atomic E-state index is 0.00225. The largest absolute Gasteiger partial charge is 0.444 e. The Balaban J connectivity index is 1.36. The Hall–Kier alpha value is -3.94. The molecule has 3 atom stereocenters. The number of nitrogens with one attached hydrogen (secondary N) is 2. The van der Waals surface area contributed by atoms with Crippen molar-refractivity contribution in [1.29, 1.82) is 5.41 Å². The number of piperidine rings is 1. The van der Waals surface area contributed by atoms with Crippen LogP contribution in [0.5, 0.6) is 0 Å². The van der Waals surface area contributed by atoms with Crippen LogP contribution in [0.2, 0.25) is 0 Å². The fraction of sp³-hybridized carbons (Fsp3) is 0.357. The monoisotopic (exact) mass is 484 g/mol. The Labute approximate surface area is 211 Å². The summed E-state index contributed by atoms with van der Waals surface area (Å²) in [4.78, 5) is 23.2. The smallest absolute Gasteiger partial charge is 0.410 e. The summed E-state index contributed by atoms with van der Waals surface area (Å²) in [7, 11) is 0. The molecule has 8 nitrogen and oxygen atoms in total. The van der Waals surface area contributed by atoms with E-state index in [-0.39, 0.29) is 29.7 Å². The number of fused-ring (bicyclic) bond motifs is 2. The summed E-state index contributed by atoms with van der Waals surface area (Å²) in [5.41, 5.74) is 9.36. The highest BCUT2D eigenvalue weighted by atomic mass is 16.6. The Kier molecular flexibility index (Phi) is 6.12. The number of nitrogens with zero attached hydrogens (tertiary/aromatic N) is 3. The van der Waals surface area contributed by atoms with E-state index in [4.69, 9.17) is 15.9 Å². The Bertz CT molecular complexity index is 1270. The molecule has 2 aliphatic rings. The van der Waals surface area contributed by atoms with E-state index in [2.05, 4.69) is 27.4 Å². The van der Waals surface area contributed by atoms with Crippen LogP contribution in [0.1, 0.15) is 44.7 Å². The predicted octanol–water partition coefficient (Wildman–Crippen LogP) is 4.95. The number of nitrogens with two attached hydrogens (primary N) is 1. The number of benzene rings is 2. The van der Waals surface area contributed by atoms with Gasteiger partial charge in [0.1, 0.15) is 23.6 Å². The molecule has 0 spiro atoms. The molecule has 1 amide bonds. The number of hydrogen-bond donors (Lipinski definition) is 3. The fourth-order valence-electron chi connectivity index (χ4n) is 5.25. The molecule has 186 valence electrons. The van der Waals surface area contributed by atoms with E-state index in [1.54, 1.807) is 0 Å². The van der Waals surface area contributed by atoms with Crippen molar-refractivity contribution in [3.8, 4) is 11.1 Å². The van der Waals surface area contributed by atoms with E-state index >= 15 is 0 Å². The van der Waals surface area contributed by atoms with Crippen LogP contribution in [-0.4, -0.2) is 50.9 Å². The topological polar surface area (TPSA) is 117 Å². The van der Waals surface area contributed by atoms with Gasteiger partial charge in [-0.2, -0.15) is 0 Å². The second-order valence-electron chi connectivity index (χ2n) is 10.6. The number of ether oxygens (including phenoxy) is 1. The zero-order valence-corrected chi connectivity index (χ0v) is 20.9. The maximum atomic E-state index is 12.8. The molecular weight excluding hydrogens is 452 g/mol. The van der Waals surface area contributed by atoms with Crippen molar-refractivity contribution in [1.82, 2.24) is 14.9 Å². The average Bonchev–Trinajstić information content (AvgIpc) is 3.44. The number of hydrogen-bond acceptors (Lipinski definition) is 7. The van der Waals surface area contributed by atoms with Crippen LogP contribution < -0.4 is 11.1 Å². The summed E-state index contributed by atoms with van der Waals surface area (Å²) in [5, 5.41) is 12.4. The van der Waals surface area contributed by atoms with Crippen LogP contribution in [0.4, 0.5) is 16.4 Å². The summed E-state index contributed by atoms with van der Waals surface area (Å²) in [6, 6.07) is 18.0. The number of anilines is 2. The van der Waals surface area contributed by atoms with E-state index in [0.29, 0.717) is 23.8 Å². The zero-order chi connectivity index (χ0) is 25.4. The summed E-state index contributed by atoms with van der Waals surface area (Å²) in [6.45, 7) is 6.34. The fourth-order valence-corrected chi connectivity index (χ4v) is 5.25. The molecule has 2 heterocycles. The van der Waals surface area contributed by atoms with Gasteiger partial charge in [-0.05, 0) is 50.7 Å². The second kappa shape index (κ2) is 9.26. The summed E-state index contributed by atoms with van der Waals surface area (Å²) >= 11 is 0. The molecule has 1 saturated heterocycles. The summed E-state index contributed by atoms with van der Waals surface area (Å²) < 4.78 is 5.63. The van der Waals surface area contributed by atoms with Crippen LogP contribution in [0, 0.1) is 11.3 Å². The van der Waals surface area contributed by atoms with Crippen molar-refractivity contribution in [2.45, 2.75) is 51.3 Å². The molecule has 2 fully saturated rings. The van der Waals surface area contributed by atoms with E-state index in [1.165, 1.54) is 6.33 Å². The molecule has 1 aliphatic heterocycles. The molecule has 8 heteroatoms. The van der Waals surface area contributed by atoms with Gasteiger partial charge >= 0.3 is 6.09 Å². The normalized spacial score (nSPS) is 20.9. The first kappa shape index (κ1) is 23.8. The molecule has 3 unspecified atom stereocenters. The molecule has 4 N–H and O–H groups in total. The lowest BCUT2D eigenvalue weighted by Crippen LogP contribution is -2.49. The molecule has 3 aromatic rings. The van der Waals surface area contributed by atoms with Gasteiger partial charge in [0, 0.05) is 18.2 Å². The molecule has 1 aliphatic carbocycles. The lowest BCUT2D eigenvalue weighted by Gasteiger charge is -2.35. The lowest BCUT2D eigenvalue weighted by atomic mass is 9.98. The molecule has 1 saturated carbocycles. The van der Waals surface area contributed by atoms with Crippen LogP contribution in [-0.2, 0) is 4.74 Å². The van der Waals surface area contributed by atoms with Crippen LogP contribution in [0.25, 0.3) is 11.1 Å². The molecule has 0 radical (unpaired) electrons. The first-order valence-corrected chi connectivity index (χ1v) is 12.3. The second-order valence-corrected chi connectivity index (χ2v) is 10.6. The van der Waals surface area contributed by atoms with Gasteiger partial charge in [0.2, 0.25) is 0 Å². The van der Waals surface area contributed by atoms with Crippen molar-refractivity contribution in [2.75, 3.05) is 17.6 Å². The summed E-state index contributed by atoms with van der Waals surface area (Å²) in [6.07, 6.45) is 2.97. The number of carbonyl (C=O) groups is 1. The van der Waals surface area contributed by atoms with Gasteiger partial charge in [0.15, 0.2) is 0 Å². The first-order chi connectivity index (χ1) is 17.2. The molecule has 2 aromatic carbocycles. The Morgan fingerprint density at radius 1 is 1.06 bits per heavy atom. The van der Waals surface area contributed by atoms with E-state index < -0.39 is 5.60 Å². The SMILES string of the molecule is CC(C)(C)OC(=O)N1CC2CC(Nc3ncnc(N)c3C(=N)c3ccc(-c4ccccc4)cc3)C1C2. The van der Waals surface area contributed by atoms with Crippen LogP contribution in [0.3, 0.4) is 0 Å². The molecular formula is C28H32N6O2. The van der Waals surface area contributed by atoms with Crippen LogP contribution in [0.15, 0.2) is 60.9 Å². The predicted molar refractivity (Wildman–Crippen MR) is 141 cm³/mol. The highest BCUT2D eigenvalue weighted by Crippen LogP contribution is 2.40. The lowest BCUT2D eigenvalue weighted by molar-refractivity contribution is 0.0179. The zero-order valence-electron chi connectivity index (χ0n) is 20.9. The maximum Gasteiger partial charge on any atom is 0.410 e. The number of aromatic nitrogens is 2. The molecule has 1 aromatic heterocycles. The van der Waals surface area contributed by atoms with Gasteiger partial charge in [0.05, 0.1) is 17.3 Å². The highest BCUT2D eigenvalue weighted by molar-refractivity contribution is 6.16. The van der Waals surface area contributed by atoms with Gasteiger partial charge in [-0.3, -0.25) is 5.41 Å². The minimum atomic E-state index is -0.540. The summed E-state index contributed by atoms with van der Waals surface area (Å²) in [5.74, 6) is 1.17. The third-order valence-corrected chi connectivity index (χ3v) is 6.84. The molecule has 5 rings (SSSR count). The first-order valence-electron chi connectivity index (χ1n) is 12.3. The number of nitrogen functional groups attached to an aromatic ring is 1. The Morgan fingerprint density at radius 3 is 2.42 bits per heavy atom. The van der Waals surface area contributed by atoms with Crippen molar-refractivity contribution in [3.63, 3.8) is 0 Å². The minimum Gasteiger partial charge on any atom is -0.444 e. The van der Waals surface area contributed by atoms with Crippen molar-refractivity contribution in [2.24, 2.45) is 5.92 Å². The number of amides is 1. The Morgan fingerprint density at radius 2 is 1.75 bits per heavy atom. The van der Waals surface area contributed by atoms with E-state index in [1.807, 2.05) is 68.1 Å². The van der Waals surface area contributed by atoms with Crippen molar-refractivity contribution >= 4 is 23.4 Å². The standard InChI is InChI=1S/C28H32N6O2/c1-28(2,3)36-27(35)34-15-17-13-21(22(34)14-17)33-26-23(25(30)31-16-32-26)24(29)20-11-9-19(10-12-20)18-7-5-4-6-8-18/h4-12,16-17,21-22,29H,13-15H2,1-3H3,(H3,30,31,32,33). The number of likely N-dealkylation sites (tertiary alicyclic amines) is 1. The quantitative estimate of drug-likeness (QED) is 0.441. The highest BCUT2D eigenvalue weighted by Gasteiger charge is 2.48. The van der Waals surface area contributed by atoms with Gasteiger partial charge in [-0.25, -0.2) is 14.8 Å².